The van der Waals surface area contributed by atoms with E-state index in [2.05, 4.69) is 10.3 Å². The first-order valence-corrected chi connectivity index (χ1v) is 11.1. The number of aliphatic hydroxyl groups excluding tert-OH is 1. The normalized spacial score (nSPS) is 16.9. The highest BCUT2D eigenvalue weighted by Crippen LogP contribution is 2.32. The molecule has 168 valence electrons. The SMILES string of the molecule is COC(=O)c1ccccc1NC(=O)C[C@H]1SC(=Nc2ccccc2)N(CCCCO)C1=O. The summed E-state index contributed by atoms with van der Waals surface area (Å²) in [7, 11) is 1.27. The monoisotopic (exact) mass is 455 g/mol. The highest BCUT2D eigenvalue weighted by molar-refractivity contribution is 8.15. The molecule has 8 nitrogen and oxygen atoms in total. The minimum absolute atomic E-state index is 0.0474. The van der Waals surface area contributed by atoms with Gasteiger partial charge in [0.1, 0.15) is 5.25 Å². The lowest BCUT2D eigenvalue weighted by Gasteiger charge is -2.16. The van der Waals surface area contributed by atoms with Crippen LogP contribution in [0.3, 0.4) is 0 Å². The van der Waals surface area contributed by atoms with Gasteiger partial charge in [-0.1, -0.05) is 42.1 Å². The first kappa shape index (κ1) is 23.5. The van der Waals surface area contributed by atoms with Crippen LogP contribution in [0.15, 0.2) is 59.6 Å². The van der Waals surface area contributed by atoms with Crippen molar-refractivity contribution >= 4 is 46.1 Å². The molecular formula is C23H25N3O5S. The summed E-state index contributed by atoms with van der Waals surface area (Å²) in [6.45, 7) is 0.465. The van der Waals surface area contributed by atoms with E-state index in [0.717, 1.165) is 0 Å². The smallest absolute Gasteiger partial charge is 0.339 e. The summed E-state index contributed by atoms with van der Waals surface area (Å²) in [4.78, 5) is 43.8. The second kappa shape index (κ2) is 11.4. The fourth-order valence-corrected chi connectivity index (χ4v) is 4.36. The highest BCUT2D eigenvalue weighted by Gasteiger charge is 2.39. The number of rotatable bonds is 9. The highest BCUT2D eigenvalue weighted by atomic mass is 32.2. The lowest BCUT2D eigenvalue weighted by Crippen LogP contribution is -2.34. The first-order chi connectivity index (χ1) is 15.5. The Morgan fingerprint density at radius 1 is 1.12 bits per heavy atom. The summed E-state index contributed by atoms with van der Waals surface area (Å²) < 4.78 is 4.75. The van der Waals surface area contributed by atoms with Crippen molar-refractivity contribution in [3.8, 4) is 0 Å². The summed E-state index contributed by atoms with van der Waals surface area (Å²) in [5.41, 5.74) is 1.29. The Labute approximate surface area is 190 Å². The molecule has 1 saturated heterocycles. The number of nitrogens with zero attached hydrogens (tertiary/aromatic N) is 2. The molecule has 1 aliphatic rings. The van der Waals surface area contributed by atoms with Crippen LogP contribution < -0.4 is 5.32 Å². The maximum Gasteiger partial charge on any atom is 0.339 e. The zero-order valence-corrected chi connectivity index (χ0v) is 18.5. The van der Waals surface area contributed by atoms with Crippen LogP contribution in [0.25, 0.3) is 0 Å². The van der Waals surface area contributed by atoms with Gasteiger partial charge in [-0.25, -0.2) is 9.79 Å². The number of esters is 1. The van der Waals surface area contributed by atoms with Crippen molar-refractivity contribution in [1.29, 1.82) is 0 Å². The average Bonchev–Trinajstić information content (AvgIpc) is 3.08. The van der Waals surface area contributed by atoms with Crippen molar-refractivity contribution in [2.24, 2.45) is 4.99 Å². The molecule has 0 aliphatic carbocycles. The van der Waals surface area contributed by atoms with E-state index >= 15 is 0 Å². The third-order valence-corrected chi connectivity index (χ3v) is 5.94. The van der Waals surface area contributed by atoms with Crippen LogP contribution in [-0.4, -0.2) is 58.5 Å². The van der Waals surface area contributed by atoms with E-state index in [0.29, 0.717) is 35.9 Å². The topological polar surface area (TPSA) is 108 Å². The Hall–Kier alpha value is -3.17. The lowest BCUT2D eigenvalue weighted by atomic mass is 10.1. The molecule has 3 rings (SSSR count). The van der Waals surface area contributed by atoms with Gasteiger partial charge in [0.05, 0.1) is 24.0 Å². The maximum absolute atomic E-state index is 13.0. The van der Waals surface area contributed by atoms with E-state index in [1.165, 1.54) is 18.9 Å². The van der Waals surface area contributed by atoms with E-state index in [1.54, 1.807) is 29.2 Å². The molecule has 1 aliphatic heterocycles. The van der Waals surface area contributed by atoms with Gasteiger partial charge in [-0.05, 0) is 37.1 Å². The molecule has 0 bridgehead atoms. The van der Waals surface area contributed by atoms with Gasteiger partial charge in [-0.3, -0.25) is 14.5 Å². The van der Waals surface area contributed by atoms with E-state index in [4.69, 9.17) is 9.84 Å². The van der Waals surface area contributed by atoms with Crippen LogP contribution in [-0.2, 0) is 14.3 Å². The molecule has 32 heavy (non-hydrogen) atoms. The molecule has 1 heterocycles. The zero-order valence-electron chi connectivity index (χ0n) is 17.7. The third-order valence-electron chi connectivity index (χ3n) is 4.77. The predicted molar refractivity (Wildman–Crippen MR) is 124 cm³/mol. The third kappa shape index (κ3) is 5.95. The number of carbonyl (C=O) groups is 3. The number of anilines is 1. The molecule has 0 spiro atoms. The largest absolute Gasteiger partial charge is 0.465 e. The Morgan fingerprint density at radius 2 is 1.84 bits per heavy atom. The number of amides is 2. The Kier molecular flexibility index (Phi) is 8.41. The van der Waals surface area contributed by atoms with E-state index in [-0.39, 0.29) is 30.4 Å². The van der Waals surface area contributed by atoms with Crippen LogP contribution in [0.1, 0.15) is 29.6 Å². The molecule has 0 aromatic heterocycles. The molecule has 0 saturated carbocycles. The number of ether oxygens (including phenoxy) is 1. The molecule has 2 amide bonds. The Morgan fingerprint density at radius 3 is 2.56 bits per heavy atom. The number of amidine groups is 1. The van der Waals surface area contributed by atoms with Crippen molar-refractivity contribution in [2.45, 2.75) is 24.5 Å². The number of hydrogen-bond donors (Lipinski definition) is 2. The van der Waals surface area contributed by atoms with Crippen molar-refractivity contribution < 1.29 is 24.2 Å². The number of aliphatic hydroxyl groups is 1. The molecule has 0 radical (unpaired) electrons. The summed E-state index contributed by atoms with van der Waals surface area (Å²) in [5, 5.41) is 11.7. The fourth-order valence-electron chi connectivity index (χ4n) is 3.18. The van der Waals surface area contributed by atoms with E-state index in [1.807, 2.05) is 30.3 Å². The number of unbranched alkanes of at least 4 members (excludes halogenated alkanes) is 1. The van der Waals surface area contributed by atoms with Crippen molar-refractivity contribution in [3.63, 3.8) is 0 Å². The predicted octanol–water partition coefficient (Wildman–Crippen LogP) is 3.21. The van der Waals surface area contributed by atoms with E-state index < -0.39 is 11.2 Å². The number of methoxy groups -OCH3 is 1. The van der Waals surface area contributed by atoms with Gasteiger partial charge in [0.15, 0.2) is 5.17 Å². The molecule has 1 fully saturated rings. The van der Waals surface area contributed by atoms with E-state index in [9.17, 15) is 14.4 Å². The standard InChI is InChI=1S/C23H25N3O5S/c1-31-22(30)17-11-5-6-12-18(17)25-20(28)15-19-21(29)26(13-7-8-14-27)23(32-19)24-16-9-3-2-4-10-16/h2-6,9-12,19,27H,7-8,13-15H2,1H3,(H,25,28)/t19-/m1/s1. The second-order valence-corrected chi connectivity index (χ2v) is 8.22. The van der Waals surface area contributed by atoms with Crippen LogP contribution in [0.4, 0.5) is 11.4 Å². The number of para-hydroxylation sites is 2. The van der Waals surface area contributed by atoms with Crippen LogP contribution >= 0.6 is 11.8 Å². The quantitative estimate of drug-likeness (QED) is 0.444. The van der Waals surface area contributed by atoms with Crippen molar-refractivity contribution in [2.75, 3.05) is 25.6 Å². The van der Waals surface area contributed by atoms with Gasteiger partial charge in [0, 0.05) is 19.6 Å². The number of nitrogens with one attached hydrogen (secondary N) is 1. The van der Waals surface area contributed by atoms with Gasteiger partial charge < -0.3 is 15.2 Å². The zero-order chi connectivity index (χ0) is 22.9. The van der Waals surface area contributed by atoms with Gasteiger partial charge in [0.25, 0.3) is 0 Å². The average molecular weight is 456 g/mol. The van der Waals surface area contributed by atoms with Crippen molar-refractivity contribution in [1.82, 2.24) is 4.90 Å². The molecular weight excluding hydrogens is 430 g/mol. The molecule has 9 heteroatoms. The number of carbonyl (C=O) groups excluding carboxylic acids is 3. The Bertz CT molecular complexity index is 996. The molecule has 1 atom stereocenters. The molecule has 2 aromatic carbocycles. The van der Waals surface area contributed by atoms with Gasteiger partial charge >= 0.3 is 5.97 Å². The first-order valence-electron chi connectivity index (χ1n) is 10.2. The molecule has 2 N–H and O–H groups in total. The summed E-state index contributed by atoms with van der Waals surface area (Å²) in [5.74, 6) is -1.14. The lowest BCUT2D eigenvalue weighted by molar-refractivity contribution is -0.128. The number of benzene rings is 2. The summed E-state index contributed by atoms with van der Waals surface area (Å²) in [6, 6.07) is 15.8. The van der Waals surface area contributed by atoms with Gasteiger partial charge in [-0.2, -0.15) is 0 Å². The summed E-state index contributed by atoms with van der Waals surface area (Å²) >= 11 is 1.25. The second-order valence-electron chi connectivity index (χ2n) is 7.05. The fraction of sp³-hybridized carbons (Fsp3) is 0.304. The van der Waals surface area contributed by atoms with Crippen LogP contribution in [0.2, 0.25) is 0 Å². The van der Waals surface area contributed by atoms with Crippen LogP contribution in [0.5, 0.6) is 0 Å². The van der Waals surface area contributed by atoms with Crippen LogP contribution in [0, 0.1) is 0 Å². The molecule has 0 unspecified atom stereocenters. The number of hydrogen-bond acceptors (Lipinski definition) is 7. The van der Waals surface area contributed by atoms with Gasteiger partial charge in [0.2, 0.25) is 11.8 Å². The minimum atomic E-state index is -0.628. The van der Waals surface area contributed by atoms with Gasteiger partial charge in [-0.15, -0.1) is 0 Å². The minimum Gasteiger partial charge on any atom is -0.465 e. The maximum atomic E-state index is 13.0. The molecule has 2 aromatic rings. The number of aliphatic imine (C=N–C) groups is 1. The summed E-state index contributed by atoms with van der Waals surface area (Å²) in [6.07, 6.45) is 1.13. The number of thioether (sulfide) groups is 1. The Balaban J connectivity index is 1.73. The van der Waals surface area contributed by atoms with Crippen molar-refractivity contribution in [3.05, 3.63) is 60.2 Å².